The molecule has 0 saturated carbocycles. The molecule has 0 aliphatic carbocycles. The Morgan fingerprint density at radius 1 is 1.00 bits per heavy atom. The predicted molar refractivity (Wildman–Crippen MR) is 98.9 cm³/mol. The van der Waals surface area contributed by atoms with Crippen LogP contribution in [-0.4, -0.2) is 80.7 Å². The molecule has 2 amide bonds. The van der Waals surface area contributed by atoms with E-state index in [1.807, 2.05) is 21.0 Å². The van der Waals surface area contributed by atoms with Crippen LogP contribution in [0.15, 0.2) is 0 Å². The highest BCUT2D eigenvalue weighted by Gasteiger charge is 2.16. The lowest BCUT2D eigenvalue weighted by molar-refractivity contribution is -0.133. The molecule has 0 bridgehead atoms. The van der Waals surface area contributed by atoms with Crippen LogP contribution in [0.25, 0.3) is 0 Å². The van der Waals surface area contributed by atoms with Crippen LogP contribution >= 0.6 is 12.6 Å². The number of nitrogens with one attached hydrogen (secondary N) is 2. The van der Waals surface area contributed by atoms with E-state index in [-0.39, 0.29) is 23.0 Å². The van der Waals surface area contributed by atoms with E-state index in [4.69, 9.17) is 0 Å². The topological polar surface area (TPSA) is 64.7 Å². The van der Waals surface area contributed by atoms with Crippen molar-refractivity contribution in [1.29, 1.82) is 0 Å². The fourth-order valence-corrected chi connectivity index (χ4v) is 2.42. The Morgan fingerprint density at radius 3 is 2.13 bits per heavy atom. The van der Waals surface area contributed by atoms with E-state index in [0.717, 1.165) is 39.0 Å². The second-order valence-corrected chi connectivity index (χ2v) is 6.87. The van der Waals surface area contributed by atoms with Gasteiger partial charge in [0.05, 0.1) is 5.25 Å². The van der Waals surface area contributed by atoms with Gasteiger partial charge in [-0.3, -0.25) is 9.59 Å². The molecule has 0 aliphatic rings. The zero-order valence-corrected chi connectivity index (χ0v) is 16.2. The molecular formula is C16H34N4O2S. The predicted octanol–water partition coefficient (Wildman–Crippen LogP) is 0.447. The smallest absolute Gasteiger partial charge is 0.234 e. The lowest BCUT2D eigenvalue weighted by Gasteiger charge is -2.21. The minimum absolute atomic E-state index is 0.0407. The van der Waals surface area contributed by atoms with Crippen molar-refractivity contribution in [2.45, 2.75) is 31.9 Å². The number of amides is 2. The SMILES string of the molecule is CNCCN(C)C(=O)C(C)CCCNCCN(C)C(=O)C(C)S. The number of hydrogen-bond donors (Lipinski definition) is 3. The molecule has 2 N–H and O–H groups in total. The Kier molecular flexibility index (Phi) is 12.2. The first-order valence-corrected chi connectivity index (χ1v) is 8.86. The first kappa shape index (κ1) is 22.2. The quantitative estimate of drug-likeness (QED) is 0.355. The van der Waals surface area contributed by atoms with Crippen molar-refractivity contribution in [3.8, 4) is 0 Å². The minimum Gasteiger partial charge on any atom is -0.344 e. The average molecular weight is 347 g/mol. The molecule has 136 valence electrons. The molecular weight excluding hydrogens is 312 g/mol. The number of nitrogens with zero attached hydrogens (tertiary/aromatic N) is 2. The summed E-state index contributed by atoms with van der Waals surface area (Å²) in [6.45, 7) is 7.60. The third kappa shape index (κ3) is 9.84. The van der Waals surface area contributed by atoms with Gasteiger partial charge in [0.2, 0.25) is 11.8 Å². The molecule has 2 atom stereocenters. The van der Waals surface area contributed by atoms with Gasteiger partial charge in [0.1, 0.15) is 0 Å². The first-order chi connectivity index (χ1) is 10.8. The third-order valence-electron chi connectivity index (χ3n) is 3.84. The molecule has 23 heavy (non-hydrogen) atoms. The summed E-state index contributed by atoms with van der Waals surface area (Å²) < 4.78 is 0. The van der Waals surface area contributed by atoms with Crippen molar-refractivity contribution in [3.05, 3.63) is 0 Å². The number of hydrogen-bond acceptors (Lipinski definition) is 5. The van der Waals surface area contributed by atoms with Gasteiger partial charge in [0, 0.05) is 46.2 Å². The van der Waals surface area contributed by atoms with Crippen LogP contribution in [-0.2, 0) is 9.59 Å². The van der Waals surface area contributed by atoms with Crippen LogP contribution in [0.5, 0.6) is 0 Å². The van der Waals surface area contributed by atoms with Gasteiger partial charge in [0.15, 0.2) is 0 Å². The maximum atomic E-state index is 12.1. The Bertz CT molecular complexity index is 353. The molecule has 0 saturated heterocycles. The maximum Gasteiger partial charge on any atom is 0.234 e. The van der Waals surface area contributed by atoms with Crippen molar-refractivity contribution < 1.29 is 9.59 Å². The van der Waals surface area contributed by atoms with E-state index in [1.165, 1.54) is 0 Å². The summed E-state index contributed by atoms with van der Waals surface area (Å²) in [5.74, 6) is 0.292. The highest BCUT2D eigenvalue weighted by atomic mass is 32.1. The van der Waals surface area contributed by atoms with Crippen LogP contribution in [0, 0.1) is 5.92 Å². The summed E-state index contributed by atoms with van der Waals surface area (Å²) >= 11 is 4.14. The van der Waals surface area contributed by atoms with E-state index in [0.29, 0.717) is 6.54 Å². The van der Waals surface area contributed by atoms with Gasteiger partial charge >= 0.3 is 0 Å². The molecule has 0 spiro atoms. The minimum atomic E-state index is -0.258. The number of likely N-dealkylation sites (N-methyl/N-ethyl adjacent to an activating group) is 3. The van der Waals surface area contributed by atoms with Crippen LogP contribution in [0.4, 0.5) is 0 Å². The third-order valence-corrected chi connectivity index (χ3v) is 4.06. The Morgan fingerprint density at radius 2 is 1.57 bits per heavy atom. The number of carbonyl (C=O) groups is 2. The van der Waals surface area contributed by atoms with E-state index >= 15 is 0 Å². The number of thiol groups is 1. The van der Waals surface area contributed by atoms with Crippen molar-refractivity contribution in [1.82, 2.24) is 20.4 Å². The molecule has 0 aromatic heterocycles. The molecule has 0 radical (unpaired) electrons. The van der Waals surface area contributed by atoms with Crippen LogP contribution in [0.3, 0.4) is 0 Å². The summed E-state index contributed by atoms with van der Waals surface area (Å²) in [6, 6.07) is 0. The Balaban J connectivity index is 3.75. The highest BCUT2D eigenvalue weighted by Crippen LogP contribution is 2.08. The first-order valence-electron chi connectivity index (χ1n) is 8.34. The molecule has 0 heterocycles. The normalized spacial score (nSPS) is 13.5. The van der Waals surface area contributed by atoms with Gasteiger partial charge in [-0.1, -0.05) is 6.92 Å². The van der Waals surface area contributed by atoms with Gasteiger partial charge < -0.3 is 20.4 Å². The van der Waals surface area contributed by atoms with Crippen molar-refractivity contribution in [3.63, 3.8) is 0 Å². The maximum absolute atomic E-state index is 12.1. The molecule has 2 unspecified atom stereocenters. The lowest BCUT2D eigenvalue weighted by atomic mass is 10.0. The van der Waals surface area contributed by atoms with Gasteiger partial charge in [-0.15, -0.1) is 0 Å². The van der Waals surface area contributed by atoms with Gasteiger partial charge in [0.25, 0.3) is 0 Å². The molecule has 6 nitrogen and oxygen atoms in total. The van der Waals surface area contributed by atoms with Gasteiger partial charge in [-0.2, -0.15) is 12.6 Å². The van der Waals surface area contributed by atoms with Gasteiger partial charge in [-0.05, 0) is 33.4 Å². The van der Waals surface area contributed by atoms with Crippen LogP contribution in [0.1, 0.15) is 26.7 Å². The van der Waals surface area contributed by atoms with E-state index in [1.54, 1.807) is 23.8 Å². The van der Waals surface area contributed by atoms with Crippen molar-refractivity contribution >= 4 is 24.4 Å². The fraction of sp³-hybridized carbons (Fsp3) is 0.875. The standard InChI is InChI=1S/C16H34N4O2S/c1-13(15(21)19(4)11-9-17-3)7-6-8-18-10-12-20(5)16(22)14(2)23/h13-14,17-18,23H,6-12H2,1-5H3. The summed E-state index contributed by atoms with van der Waals surface area (Å²) in [5, 5.41) is 6.10. The van der Waals surface area contributed by atoms with Crippen molar-refractivity contribution in [2.75, 3.05) is 53.9 Å². The molecule has 0 rings (SSSR count). The van der Waals surface area contributed by atoms with Crippen molar-refractivity contribution in [2.24, 2.45) is 5.92 Å². The molecule has 7 heteroatoms. The Labute approximate surface area is 146 Å². The van der Waals surface area contributed by atoms with E-state index in [2.05, 4.69) is 23.3 Å². The van der Waals surface area contributed by atoms with Crippen LogP contribution < -0.4 is 10.6 Å². The highest BCUT2D eigenvalue weighted by molar-refractivity contribution is 7.81. The number of carbonyl (C=O) groups excluding carboxylic acids is 2. The largest absolute Gasteiger partial charge is 0.344 e. The van der Waals surface area contributed by atoms with E-state index < -0.39 is 0 Å². The summed E-state index contributed by atoms with van der Waals surface area (Å²) in [7, 11) is 5.53. The summed E-state index contributed by atoms with van der Waals surface area (Å²) in [4.78, 5) is 27.2. The molecule has 0 aliphatic heterocycles. The lowest BCUT2D eigenvalue weighted by Crippen LogP contribution is -2.38. The average Bonchev–Trinajstić information content (AvgIpc) is 2.53. The van der Waals surface area contributed by atoms with Crippen LogP contribution in [0.2, 0.25) is 0 Å². The summed E-state index contributed by atoms with van der Waals surface area (Å²) in [6.07, 6.45) is 1.82. The second-order valence-electron chi connectivity index (χ2n) is 6.09. The molecule has 0 aromatic rings. The Hall–Kier alpha value is -0.790. The summed E-state index contributed by atoms with van der Waals surface area (Å²) in [5.41, 5.74) is 0. The zero-order chi connectivity index (χ0) is 17.8. The number of rotatable bonds is 12. The molecule has 0 fully saturated rings. The zero-order valence-electron chi connectivity index (χ0n) is 15.3. The fourth-order valence-electron chi connectivity index (χ4n) is 2.22. The second kappa shape index (κ2) is 12.6. The van der Waals surface area contributed by atoms with Gasteiger partial charge in [-0.25, -0.2) is 0 Å². The van der Waals surface area contributed by atoms with E-state index in [9.17, 15) is 9.59 Å². The monoisotopic (exact) mass is 346 g/mol. The molecule has 0 aromatic carbocycles.